The number of nitrogens with zero attached hydrogens (tertiary/aromatic N) is 2. The van der Waals surface area contributed by atoms with Crippen LogP contribution in [-0.4, -0.2) is 28.5 Å². The Balaban J connectivity index is 2.40. The number of hydrogen-bond donors (Lipinski definition) is 1. The average Bonchev–Trinajstić information content (AvgIpc) is 2.83. The molecule has 0 amide bonds. The van der Waals surface area contributed by atoms with Crippen molar-refractivity contribution in [3.63, 3.8) is 0 Å². The maximum Gasteiger partial charge on any atom is 0.228 e. The Hall–Kier alpha value is -0.550. The molecule has 1 N–H and O–H groups in total. The maximum atomic E-state index is 5.36. The molecule has 0 saturated carbocycles. The van der Waals surface area contributed by atoms with E-state index in [4.69, 9.17) is 4.52 Å². The Morgan fingerprint density at radius 3 is 2.70 bits per heavy atom. The second kappa shape index (κ2) is 10.2. The standard InChI is InChI=1S/C15H29N3OS/c1-5-7-13(16-8-6-2)9-15-17-14(18-19-15)11-20-10-12(3)4/h12-13,16H,5-11H2,1-4H3. The summed E-state index contributed by atoms with van der Waals surface area (Å²) in [6.07, 6.45) is 4.32. The van der Waals surface area contributed by atoms with Crippen molar-refractivity contribution in [2.45, 2.75) is 65.2 Å². The number of hydrogen-bond acceptors (Lipinski definition) is 5. The molecule has 1 aromatic heterocycles. The fourth-order valence-electron chi connectivity index (χ4n) is 2.00. The van der Waals surface area contributed by atoms with Gasteiger partial charge in [-0.3, -0.25) is 0 Å². The van der Waals surface area contributed by atoms with Crippen molar-refractivity contribution in [1.82, 2.24) is 15.5 Å². The summed E-state index contributed by atoms with van der Waals surface area (Å²) in [6, 6.07) is 0.455. The molecular formula is C15H29N3OS. The van der Waals surface area contributed by atoms with E-state index in [1.54, 1.807) is 0 Å². The first-order chi connectivity index (χ1) is 9.65. The monoisotopic (exact) mass is 299 g/mol. The first kappa shape index (κ1) is 17.5. The van der Waals surface area contributed by atoms with Crippen LogP contribution in [0.4, 0.5) is 0 Å². The molecule has 0 bridgehead atoms. The third kappa shape index (κ3) is 7.29. The number of nitrogens with one attached hydrogen (secondary N) is 1. The Morgan fingerprint density at radius 1 is 1.25 bits per heavy atom. The molecule has 4 nitrogen and oxygen atoms in total. The number of rotatable bonds is 11. The van der Waals surface area contributed by atoms with Gasteiger partial charge in [0.05, 0.1) is 5.75 Å². The van der Waals surface area contributed by atoms with Crippen LogP contribution in [0.2, 0.25) is 0 Å². The van der Waals surface area contributed by atoms with E-state index >= 15 is 0 Å². The van der Waals surface area contributed by atoms with Crippen LogP contribution in [0.25, 0.3) is 0 Å². The summed E-state index contributed by atoms with van der Waals surface area (Å²) < 4.78 is 5.36. The van der Waals surface area contributed by atoms with Crippen molar-refractivity contribution in [2.24, 2.45) is 5.92 Å². The molecule has 1 unspecified atom stereocenters. The summed E-state index contributed by atoms with van der Waals surface area (Å²) in [5.41, 5.74) is 0. The van der Waals surface area contributed by atoms with Crippen LogP contribution in [0.3, 0.4) is 0 Å². The highest BCUT2D eigenvalue weighted by Gasteiger charge is 2.13. The zero-order chi connectivity index (χ0) is 14.8. The molecule has 1 atom stereocenters. The van der Waals surface area contributed by atoms with E-state index in [2.05, 4.69) is 43.2 Å². The fourth-order valence-corrected chi connectivity index (χ4v) is 2.89. The van der Waals surface area contributed by atoms with Crippen LogP contribution in [0.5, 0.6) is 0 Å². The molecule has 5 heteroatoms. The molecule has 0 aromatic carbocycles. The summed E-state index contributed by atoms with van der Waals surface area (Å²) >= 11 is 1.87. The van der Waals surface area contributed by atoms with Gasteiger partial charge in [0, 0.05) is 12.5 Å². The second-order valence-electron chi connectivity index (χ2n) is 5.66. The van der Waals surface area contributed by atoms with Gasteiger partial charge in [0.1, 0.15) is 0 Å². The molecule has 0 saturated heterocycles. The quantitative estimate of drug-likeness (QED) is 0.675. The molecule has 0 radical (unpaired) electrons. The van der Waals surface area contributed by atoms with Crippen LogP contribution in [0.1, 0.15) is 58.7 Å². The first-order valence-corrected chi connectivity index (χ1v) is 8.93. The summed E-state index contributed by atoms with van der Waals surface area (Å²) in [7, 11) is 0. The van der Waals surface area contributed by atoms with E-state index in [-0.39, 0.29) is 0 Å². The fraction of sp³-hybridized carbons (Fsp3) is 0.867. The highest BCUT2D eigenvalue weighted by Crippen LogP contribution is 2.14. The van der Waals surface area contributed by atoms with Crippen molar-refractivity contribution < 1.29 is 4.52 Å². The second-order valence-corrected chi connectivity index (χ2v) is 6.69. The summed E-state index contributed by atoms with van der Waals surface area (Å²) in [5, 5.41) is 7.62. The lowest BCUT2D eigenvalue weighted by molar-refractivity contribution is 0.347. The third-order valence-electron chi connectivity index (χ3n) is 2.93. The van der Waals surface area contributed by atoms with Gasteiger partial charge in [-0.1, -0.05) is 39.3 Å². The zero-order valence-electron chi connectivity index (χ0n) is 13.3. The first-order valence-electron chi connectivity index (χ1n) is 7.78. The molecular weight excluding hydrogens is 270 g/mol. The highest BCUT2D eigenvalue weighted by molar-refractivity contribution is 7.98. The van der Waals surface area contributed by atoms with E-state index in [0.717, 1.165) is 49.0 Å². The van der Waals surface area contributed by atoms with Crippen LogP contribution in [-0.2, 0) is 12.2 Å². The van der Waals surface area contributed by atoms with E-state index in [1.165, 1.54) is 6.42 Å². The average molecular weight is 299 g/mol. The summed E-state index contributed by atoms with van der Waals surface area (Å²) in [4.78, 5) is 4.50. The highest BCUT2D eigenvalue weighted by atomic mass is 32.2. The van der Waals surface area contributed by atoms with Gasteiger partial charge in [-0.05, 0) is 31.1 Å². The van der Waals surface area contributed by atoms with E-state index < -0.39 is 0 Å². The molecule has 116 valence electrons. The van der Waals surface area contributed by atoms with Crippen LogP contribution in [0.15, 0.2) is 4.52 Å². The third-order valence-corrected chi connectivity index (χ3v) is 4.30. The molecule has 1 aromatic rings. The number of thioether (sulfide) groups is 1. The predicted molar refractivity (Wildman–Crippen MR) is 86.0 cm³/mol. The van der Waals surface area contributed by atoms with Crippen LogP contribution in [0, 0.1) is 5.92 Å². The Kier molecular flexibility index (Phi) is 8.94. The molecule has 0 aliphatic carbocycles. The normalized spacial score (nSPS) is 13.1. The van der Waals surface area contributed by atoms with Gasteiger partial charge in [-0.15, -0.1) is 0 Å². The Labute approximate surface area is 127 Å². The zero-order valence-corrected chi connectivity index (χ0v) is 14.1. The molecule has 1 rings (SSSR count). The maximum absolute atomic E-state index is 5.36. The minimum absolute atomic E-state index is 0.455. The largest absolute Gasteiger partial charge is 0.339 e. The topological polar surface area (TPSA) is 51.0 Å². The van der Waals surface area contributed by atoms with E-state index in [1.807, 2.05) is 11.8 Å². The summed E-state index contributed by atoms with van der Waals surface area (Å²) in [5.74, 6) is 4.30. The van der Waals surface area contributed by atoms with Gasteiger partial charge >= 0.3 is 0 Å². The van der Waals surface area contributed by atoms with Gasteiger partial charge < -0.3 is 9.84 Å². The molecule has 0 spiro atoms. The van der Waals surface area contributed by atoms with Gasteiger partial charge in [0.2, 0.25) is 5.89 Å². The van der Waals surface area contributed by atoms with Crippen molar-refractivity contribution in [2.75, 3.05) is 12.3 Å². The van der Waals surface area contributed by atoms with Crippen molar-refractivity contribution in [1.29, 1.82) is 0 Å². The van der Waals surface area contributed by atoms with E-state index in [9.17, 15) is 0 Å². The lowest BCUT2D eigenvalue weighted by atomic mass is 10.1. The van der Waals surface area contributed by atoms with Gasteiger partial charge in [0.25, 0.3) is 0 Å². The van der Waals surface area contributed by atoms with Crippen molar-refractivity contribution in [3.05, 3.63) is 11.7 Å². The predicted octanol–water partition coefficient (Wildman–Crippen LogP) is 3.67. The lowest BCUT2D eigenvalue weighted by Crippen LogP contribution is -2.31. The lowest BCUT2D eigenvalue weighted by Gasteiger charge is -2.15. The minimum atomic E-state index is 0.455. The minimum Gasteiger partial charge on any atom is -0.339 e. The van der Waals surface area contributed by atoms with E-state index in [0.29, 0.717) is 12.0 Å². The molecule has 0 aliphatic heterocycles. The van der Waals surface area contributed by atoms with Crippen molar-refractivity contribution >= 4 is 11.8 Å². The smallest absolute Gasteiger partial charge is 0.228 e. The van der Waals surface area contributed by atoms with Crippen LogP contribution < -0.4 is 5.32 Å². The van der Waals surface area contributed by atoms with Crippen molar-refractivity contribution in [3.8, 4) is 0 Å². The van der Waals surface area contributed by atoms with Crippen LogP contribution >= 0.6 is 11.8 Å². The number of aromatic nitrogens is 2. The molecule has 0 aliphatic rings. The molecule has 0 fully saturated rings. The SMILES string of the molecule is CCCNC(CCC)Cc1nc(CSCC(C)C)no1. The Bertz CT molecular complexity index is 355. The molecule has 20 heavy (non-hydrogen) atoms. The Morgan fingerprint density at radius 2 is 2.05 bits per heavy atom. The van der Waals surface area contributed by atoms with Gasteiger partial charge in [-0.25, -0.2) is 0 Å². The van der Waals surface area contributed by atoms with Gasteiger partial charge in [0.15, 0.2) is 5.82 Å². The molecule has 1 heterocycles. The summed E-state index contributed by atoms with van der Waals surface area (Å²) in [6.45, 7) is 9.90. The van der Waals surface area contributed by atoms with Gasteiger partial charge in [-0.2, -0.15) is 16.7 Å².